The zero-order valence-electron chi connectivity index (χ0n) is 17.3. The predicted octanol–water partition coefficient (Wildman–Crippen LogP) is 5.49. The van der Waals surface area contributed by atoms with Crippen molar-refractivity contribution in [3.63, 3.8) is 0 Å². The molecule has 0 radical (unpaired) electrons. The lowest BCUT2D eigenvalue weighted by Gasteiger charge is -2.43. The highest BCUT2D eigenvalue weighted by Gasteiger charge is 2.38. The maximum atomic E-state index is 12.3. The van der Waals surface area contributed by atoms with E-state index in [2.05, 4.69) is 6.08 Å². The van der Waals surface area contributed by atoms with Gasteiger partial charge in [0.15, 0.2) is 0 Å². The number of non-ortho nitro benzene ring substituents is 1. The minimum Gasteiger partial charge on any atom is -0.444 e. The second kappa shape index (κ2) is 7.57. The number of ether oxygens (including phenoxy) is 1. The molecule has 1 aromatic carbocycles. The number of hydrogen-bond donors (Lipinski definition) is 0. The number of benzene rings is 1. The smallest absolute Gasteiger partial charge is 0.410 e. The van der Waals surface area contributed by atoms with Crippen molar-refractivity contribution in [1.82, 2.24) is 4.90 Å². The summed E-state index contributed by atoms with van der Waals surface area (Å²) in [5.74, 6) is 0. The quantitative estimate of drug-likeness (QED) is 0.498. The van der Waals surface area contributed by atoms with Gasteiger partial charge in [-0.15, -0.1) is 0 Å². The van der Waals surface area contributed by atoms with Crippen molar-refractivity contribution in [3.8, 4) is 0 Å². The van der Waals surface area contributed by atoms with Crippen LogP contribution in [0.3, 0.4) is 0 Å². The van der Waals surface area contributed by atoms with Gasteiger partial charge in [-0.1, -0.05) is 6.08 Å². The van der Waals surface area contributed by atoms with E-state index in [1.54, 1.807) is 12.1 Å². The SMILES string of the molecule is Cc1cc([N+](=O)[O-])ccc1C1=CCC2(CC1)CCN(C(=O)OC(C)(C)C)CC2. The zero-order chi connectivity index (χ0) is 20.5. The van der Waals surface area contributed by atoms with Gasteiger partial charge in [-0.05, 0) is 88.0 Å². The summed E-state index contributed by atoms with van der Waals surface area (Å²) in [5.41, 5.74) is 3.30. The first-order valence-electron chi connectivity index (χ1n) is 10.0. The van der Waals surface area contributed by atoms with Crippen LogP contribution in [0.15, 0.2) is 24.3 Å². The first-order valence-corrected chi connectivity index (χ1v) is 10.0. The third kappa shape index (κ3) is 4.54. The third-order valence-corrected chi connectivity index (χ3v) is 5.95. The molecule has 0 atom stereocenters. The normalized spacial score (nSPS) is 19.3. The summed E-state index contributed by atoms with van der Waals surface area (Å²) in [5, 5.41) is 10.9. The van der Waals surface area contributed by atoms with Crippen molar-refractivity contribution in [2.75, 3.05) is 13.1 Å². The number of piperidine rings is 1. The minimum absolute atomic E-state index is 0.142. The summed E-state index contributed by atoms with van der Waals surface area (Å²) in [6.07, 6.45) is 7.16. The third-order valence-electron chi connectivity index (χ3n) is 5.95. The molecule has 0 saturated carbocycles. The number of nitro benzene ring substituents is 1. The second-order valence-corrected chi connectivity index (χ2v) is 9.16. The van der Waals surface area contributed by atoms with Gasteiger partial charge in [0.25, 0.3) is 5.69 Å². The Balaban J connectivity index is 1.63. The highest BCUT2D eigenvalue weighted by Crippen LogP contribution is 2.46. The first kappa shape index (κ1) is 20.4. The zero-order valence-corrected chi connectivity index (χ0v) is 17.3. The maximum Gasteiger partial charge on any atom is 0.410 e. The number of nitrogens with zero attached hydrogens (tertiary/aromatic N) is 2. The number of likely N-dealkylation sites (tertiary alicyclic amines) is 1. The number of amides is 1. The molecule has 1 heterocycles. The van der Waals surface area contributed by atoms with Crippen LogP contribution in [0.1, 0.15) is 64.0 Å². The summed E-state index contributed by atoms with van der Waals surface area (Å²) in [6, 6.07) is 5.12. The molecule has 152 valence electrons. The molecule has 1 fully saturated rings. The summed E-state index contributed by atoms with van der Waals surface area (Å²) >= 11 is 0. The van der Waals surface area contributed by atoms with Crippen molar-refractivity contribution in [2.45, 2.75) is 65.4 Å². The van der Waals surface area contributed by atoms with Crippen molar-refractivity contribution in [3.05, 3.63) is 45.5 Å². The monoisotopic (exact) mass is 386 g/mol. The van der Waals surface area contributed by atoms with Crippen LogP contribution in [-0.2, 0) is 4.74 Å². The van der Waals surface area contributed by atoms with Crippen molar-refractivity contribution in [2.24, 2.45) is 5.41 Å². The molecule has 1 aliphatic carbocycles. The Morgan fingerprint density at radius 2 is 1.89 bits per heavy atom. The maximum absolute atomic E-state index is 12.3. The molecule has 0 bridgehead atoms. The molecule has 1 spiro atoms. The number of rotatable bonds is 2. The highest BCUT2D eigenvalue weighted by molar-refractivity contribution is 5.70. The minimum atomic E-state index is -0.461. The number of aryl methyl sites for hydroxylation is 1. The molecule has 1 aromatic rings. The van der Waals surface area contributed by atoms with Gasteiger partial charge in [-0.2, -0.15) is 0 Å². The van der Waals surface area contributed by atoms with Crippen LogP contribution in [0, 0.1) is 22.5 Å². The van der Waals surface area contributed by atoms with E-state index in [9.17, 15) is 14.9 Å². The van der Waals surface area contributed by atoms with E-state index >= 15 is 0 Å². The van der Waals surface area contributed by atoms with E-state index in [0.29, 0.717) is 0 Å². The van der Waals surface area contributed by atoms with E-state index in [0.717, 1.165) is 56.3 Å². The van der Waals surface area contributed by atoms with Crippen molar-refractivity contribution >= 4 is 17.4 Å². The lowest BCUT2D eigenvalue weighted by Crippen LogP contribution is -2.45. The average Bonchev–Trinajstić information content (AvgIpc) is 2.62. The molecule has 1 saturated heterocycles. The number of carbonyl (C=O) groups is 1. The van der Waals surface area contributed by atoms with E-state index in [-0.39, 0.29) is 22.1 Å². The fourth-order valence-electron chi connectivity index (χ4n) is 4.25. The molecule has 0 unspecified atom stereocenters. The Labute approximate surface area is 166 Å². The first-order chi connectivity index (χ1) is 13.1. The molecule has 28 heavy (non-hydrogen) atoms. The van der Waals surface area contributed by atoms with Gasteiger partial charge in [0, 0.05) is 25.2 Å². The van der Waals surface area contributed by atoms with Crippen molar-refractivity contribution in [1.29, 1.82) is 0 Å². The molecule has 0 N–H and O–H groups in total. The van der Waals surface area contributed by atoms with Crippen LogP contribution < -0.4 is 0 Å². The van der Waals surface area contributed by atoms with E-state index in [4.69, 9.17) is 4.74 Å². The van der Waals surface area contributed by atoms with Crippen LogP contribution in [0.25, 0.3) is 5.57 Å². The number of hydrogen-bond acceptors (Lipinski definition) is 4. The van der Waals surface area contributed by atoms with Crippen LogP contribution in [0.5, 0.6) is 0 Å². The van der Waals surface area contributed by atoms with Gasteiger partial charge in [-0.3, -0.25) is 10.1 Å². The van der Waals surface area contributed by atoms with E-state index < -0.39 is 5.60 Å². The van der Waals surface area contributed by atoms with Gasteiger partial charge >= 0.3 is 6.09 Å². The van der Waals surface area contributed by atoms with E-state index in [1.807, 2.05) is 38.7 Å². The van der Waals surface area contributed by atoms with Crippen molar-refractivity contribution < 1.29 is 14.5 Å². The standard InChI is InChI=1S/C22H30N2O4/c1-16-15-18(24(26)27)5-6-19(16)17-7-9-22(10-8-17)11-13-23(14-12-22)20(25)28-21(2,3)4/h5-7,15H,8-14H2,1-4H3. The fraction of sp³-hybridized carbons (Fsp3) is 0.591. The molecular formula is C22H30N2O4. The molecular weight excluding hydrogens is 356 g/mol. The summed E-state index contributed by atoms with van der Waals surface area (Å²) in [6.45, 7) is 9.11. The van der Waals surface area contributed by atoms with Gasteiger partial charge in [0.2, 0.25) is 0 Å². The molecule has 3 rings (SSSR count). The molecule has 2 aliphatic rings. The Morgan fingerprint density at radius 1 is 1.21 bits per heavy atom. The van der Waals surface area contributed by atoms with Gasteiger partial charge in [-0.25, -0.2) is 4.79 Å². The molecule has 6 nitrogen and oxygen atoms in total. The lowest BCUT2D eigenvalue weighted by molar-refractivity contribution is -0.384. The second-order valence-electron chi connectivity index (χ2n) is 9.16. The average molecular weight is 386 g/mol. The Hall–Kier alpha value is -2.37. The number of allylic oxidation sites excluding steroid dienone is 2. The van der Waals surface area contributed by atoms with Crippen LogP contribution in [0.2, 0.25) is 0 Å². The Kier molecular flexibility index (Phi) is 5.50. The van der Waals surface area contributed by atoms with Gasteiger partial charge in [0.1, 0.15) is 5.60 Å². The lowest BCUT2D eigenvalue weighted by atomic mass is 9.68. The molecule has 1 amide bonds. The number of carbonyl (C=O) groups excluding carboxylic acids is 1. The molecule has 0 aromatic heterocycles. The fourth-order valence-corrected chi connectivity index (χ4v) is 4.25. The molecule has 1 aliphatic heterocycles. The number of nitro groups is 1. The van der Waals surface area contributed by atoms with Gasteiger partial charge in [0.05, 0.1) is 4.92 Å². The summed E-state index contributed by atoms with van der Waals surface area (Å²) in [4.78, 5) is 24.7. The Bertz CT molecular complexity index is 799. The topological polar surface area (TPSA) is 72.7 Å². The highest BCUT2D eigenvalue weighted by atomic mass is 16.6. The summed E-state index contributed by atoms with van der Waals surface area (Å²) in [7, 11) is 0. The van der Waals surface area contributed by atoms with Crippen LogP contribution in [-0.4, -0.2) is 34.6 Å². The predicted molar refractivity (Wildman–Crippen MR) is 109 cm³/mol. The van der Waals surface area contributed by atoms with E-state index in [1.165, 1.54) is 5.57 Å². The molecule has 6 heteroatoms. The van der Waals surface area contributed by atoms with Crippen LogP contribution >= 0.6 is 0 Å². The summed E-state index contributed by atoms with van der Waals surface area (Å²) < 4.78 is 5.49. The largest absolute Gasteiger partial charge is 0.444 e. The Morgan fingerprint density at radius 3 is 2.39 bits per heavy atom. The van der Waals surface area contributed by atoms with Crippen LogP contribution in [0.4, 0.5) is 10.5 Å². The van der Waals surface area contributed by atoms with Gasteiger partial charge < -0.3 is 9.64 Å².